The number of nitrogens with one attached hydrogen (secondary N) is 1. The molecule has 20 heavy (non-hydrogen) atoms. The van der Waals surface area contributed by atoms with Crippen LogP contribution in [0.1, 0.15) is 11.7 Å². The van der Waals surface area contributed by atoms with Crippen LogP contribution in [0.5, 0.6) is 0 Å². The Kier molecular flexibility index (Phi) is 4.58. The van der Waals surface area contributed by atoms with Crippen molar-refractivity contribution in [1.82, 2.24) is 0 Å². The monoisotopic (exact) mass is 274 g/mol. The van der Waals surface area contributed by atoms with E-state index in [0.29, 0.717) is 12.1 Å². The highest BCUT2D eigenvalue weighted by Crippen LogP contribution is 2.18. The van der Waals surface area contributed by atoms with E-state index in [0.717, 1.165) is 11.4 Å². The van der Waals surface area contributed by atoms with Crippen molar-refractivity contribution in [3.05, 3.63) is 59.9 Å². The summed E-state index contributed by atoms with van der Waals surface area (Å²) in [6.07, 6.45) is -0.737. The molecule has 0 radical (unpaired) electrons. The maximum absolute atomic E-state index is 13.1. The van der Waals surface area contributed by atoms with E-state index in [1.165, 1.54) is 12.1 Å². The summed E-state index contributed by atoms with van der Waals surface area (Å²) < 4.78 is 13.1. The Morgan fingerprint density at radius 2 is 1.85 bits per heavy atom. The molecule has 2 rings (SSSR count). The molecule has 0 amide bonds. The maximum Gasteiger partial charge on any atom is 0.123 e. The third kappa shape index (κ3) is 3.71. The average Bonchev–Trinajstić information content (AvgIpc) is 2.45. The van der Waals surface area contributed by atoms with Gasteiger partial charge in [0.15, 0.2) is 0 Å². The second-order valence-electron chi connectivity index (χ2n) is 4.89. The molecule has 0 aliphatic rings. The number of rotatable bonds is 5. The highest BCUT2D eigenvalue weighted by atomic mass is 19.1. The lowest BCUT2D eigenvalue weighted by molar-refractivity contribution is 0.191. The SMILES string of the molecule is CN(C)c1ccc(NCC(O)c2cccc(F)c2)cc1. The lowest BCUT2D eigenvalue weighted by Gasteiger charge is -2.15. The maximum atomic E-state index is 13.1. The molecule has 0 bridgehead atoms. The number of nitrogens with zero attached hydrogens (tertiary/aromatic N) is 1. The van der Waals surface area contributed by atoms with Crippen molar-refractivity contribution in [2.24, 2.45) is 0 Å². The van der Waals surface area contributed by atoms with Gasteiger partial charge in [-0.3, -0.25) is 0 Å². The molecule has 3 nitrogen and oxygen atoms in total. The van der Waals surface area contributed by atoms with Crippen LogP contribution in [-0.2, 0) is 0 Å². The van der Waals surface area contributed by atoms with Gasteiger partial charge in [-0.15, -0.1) is 0 Å². The van der Waals surface area contributed by atoms with E-state index in [1.807, 2.05) is 43.3 Å². The van der Waals surface area contributed by atoms with Gasteiger partial charge in [-0.1, -0.05) is 12.1 Å². The summed E-state index contributed by atoms with van der Waals surface area (Å²) in [5.74, 6) is -0.336. The minimum Gasteiger partial charge on any atom is -0.387 e. The highest BCUT2D eigenvalue weighted by Gasteiger charge is 2.08. The Balaban J connectivity index is 1.94. The van der Waals surface area contributed by atoms with Gasteiger partial charge in [0.2, 0.25) is 0 Å². The Labute approximate surface area is 118 Å². The van der Waals surface area contributed by atoms with Crippen molar-refractivity contribution in [2.75, 3.05) is 30.9 Å². The molecule has 0 saturated heterocycles. The summed E-state index contributed by atoms with van der Waals surface area (Å²) in [6, 6.07) is 13.9. The number of anilines is 2. The summed E-state index contributed by atoms with van der Waals surface area (Å²) in [7, 11) is 3.96. The molecule has 0 aliphatic heterocycles. The molecule has 1 atom stereocenters. The number of halogens is 1. The van der Waals surface area contributed by atoms with Crippen LogP contribution in [0.3, 0.4) is 0 Å². The Morgan fingerprint density at radius 3 is 2.45 bits per heavy atom. The lowest BCUT2D eigenvalue weighted by atomic mass is 10.1. The zero-order chi connectivity index (χ0) is 14.5. The van der Waals surface area contributed by atoms with E-state index in [2.05, 4.69) is 5.32 Å². The third-order valence-electron chi connectivity index (χ3n) is 3.12. The van der Waals surface area contributed by atoms with E-state index >= 15 is 0 Å². The van der Waals surface area contributed by atoms with Crippen molar-refractivity contribution in [2.45, 2.75) is 6.10 Å². The zero-order valence-corrected chi connectivity index (χ0v) is 11.7. The quantitative estimate of drug-likeness (QED) is 0.879. The minimum atomic E-state index is -0.737. The molecule has 2 N–H and O–H groups in total. The predicted octanol–water partition coefficient (Wildman–Crippen LogP) is 3.04. The number of aliphatic hydroxyl groups is 1. The number of benzene rings is 2. The normalized spacial score (nSPS) is 12.0. The van der Waals surface area contributed by atoms with E-state index in [9.17, 15) is 9.50 Å². The molecule has 0 aromatic heterocycles. The molecule has 0 fully saturated rings. The first-order valence-electron chi connectivity index (χ1n) is 6.51. The topological polar surface area (TPSA) is 35.5 Å². The van der Waals surface area contributed by atoms with Crippen LogP contribution >= 0.6 is 0 Å². The summed E-state index contributed by atoms with van der Waals surface area (Å²) >= 11 is 0. The van der Waals surface area contributed by atoms with E-state index in [-0.39, 0.29) is 5.82 Å². The lowest BCUT2D eigenvalue weighted by Crippen LogP contribution is -2.12. The first-order valence-corrected chi connectivity index (χ1v) is 6.51. The van der Waals surface area contributed by atoms with Crippen molar-refractivity contribution >= 4 is 11.4 Å². The van der Waals surface area contributed by atoms with Gasteiger partial charge in [-0.25, -0.2) is 4.39 Å². The number of aliphatic hydroxyl groups excluding tert-OH is 1. The van der Waals surface area contributed by atoms with Crippen LogP contribution in [0.25, 0.3) is 0 Å². The largest absolute Gasteiger partial charge is 0.387 e. The Hall–Kier alpha value is -2.07. The smallest absolute Gasteiger partial charge is 0.123 e. The van der Waals surface area contributed by atoms with Crippen LogP contribution in [0.4, 0.5) is 15.8 Å². The molecule has 0 heterocycles. The molecule has 4 heteroatoms. The highest BCUT2D eigenvalue weighted by molar-refractivity contribution is 5.54. The van der Waals surface area contributed by atoms with Gasteiger partial charge in [-0.2, -0.15) is 0 Å². The standard InChI is InChI=1S/C16H19FN2O/c1-19(2)15-8-6-14(7-9-15)18-11-16(20)12-4-3-5-13(17)10-12/h3-10,16,18,20H,11H2,1-2H3. The predicted molar refractivity (Wildman–Crippen MR) is 80.6 cm³/mol. The van der Waals surface area contributed by atoms with Gasteiger partial charge in [0, 0.05) is 32.0 Å². The van der Waals surface area contributed by atoms with E-state index in [4.69, 9.17) is 0 Å². The Bertz CT molecular complexity index is 555. The molecule has 0 saturated carbocycles. The molecule has 0 spiro atoms. The Morgan fingerprint density at radius 1 is 1.15 bits per heavy atom. The van der Waals surface area contributed by atoms with E-state index < -0.39 is 6.10 Å². The number of hydrogen-bond acceptors (Lipinski definition) is 3. The van der Waals surface area contributed by atoms with Gasteiger partial charge in [0.25, 0.3) is 0 Å². The summed E-state index contributed by atoms with van der Waals surface area (Å²) in [6.45, 7) is 0.338. The van der Waals surface area contributed by atoms with Crippen LogP contribution in [0.15, 0.2) is 48.5 Å². The van der Waals surface area contributed by atoms with Crippen molar-refractivity contribution < 1.29 is 9.50 Å². The fourth-order valence-electron chi connectivity index (χ4n) is 1.92. The van der Waals surface area contributed by atoms with Crippen molar-refractivity contribution in [3.8, 4) is 0 Å². The molecule has 0 aliphatic carbocycles. The van der Waals surface area contributed by atoms with Gasteiger partial charge in [0.05, 0.1) is 6.10 Å². The third-order valence-corrected chi connectivity index (χ3v) is 3.12. The first-order chi connectivity index (χ1) is 9.56. The van der Waals surface area contributed by atoms with Crippen molar-refractivity contribution in [3.63, 3.8) is 0 Å². The summed E-state index contributed by atoms with van der Waals surface area (Å²) in [5.41, 5.74) is 2.61. The fraction of sp³-hybridized carbons (Fsp3) is 0.250. The molecular weight excluding hydrogens is 255 g/mol. The summed E-state index contributed by atoms with van der Waals surface area (Å²) in [5, 5.41) is 13.1. The summed E-state index contributed by atoms with van der Waals surface area (Å²) in [4.78, 5) is 2.02. The molecule has 1 unspecified atom stereocenters. The van der Waals surface area contributed by atoms with Gasteiger partial charge in [-0.05, 0) is 42.0 Å². The number of hydrogen-bond donors (Lipinski definition) is 2. The molecule has 106 valence electrons. The molecular formula is C16H19FN2O. The molecule has 2 aromatic carbocycles. The van der Waals surface area contributed by atoms with Crippen molar-refractivity contribution in [1.29, 1.82) is 0 Å². The van der Waals surface area contributed by atoms with E-state index in [1.54, 1.807) is 12.1 Å². The zero-order valence-electron chi connectivity index (χ0n) is 11.7. The van der Waals surface area contributed by atoms with Crippen LogP contribution in [0, 0.1) is 5.82 Å². The van der Waals surface area contributed by atoms with Gasteiger partial charge in [0.1, 0.15) is 5.82 Å². The minimum absolute atomic E-state index is 0.336. The first kappa shape index (κ1) is 14.3. The van der Waals surface area contributed by atoms with Crippen LogP contribution < -0.4 is 10.2 Å². The fourth-order valence-corrected chi connectivity index (χ4v) is 1.92. The average molecular weight is 274 g/mol. The van der Waals surface area contributed by atoms with Crippen LogP contribution in [-0.4, -0.2) is 25.7 Å². The molecule has 2 aromatic rings. The van der Waals surface area contributed by atoms with Crippen LogP contribution in [0.2, 0.25) is 0 Å². The van der Waals surface area contributed by atoms with Gasteiger partial charge < -0.3 is 15.3 Å². The second kappa shape index (κ2) is 6.39. The second-order valence-corrected chi connectivity index (χ2v) is 4.89. The van der Waals surface area contributed by atoms with Gasteiger partial charge >= 0.3 is 0 Å².